The molecule has 1 aliphatic carbocycles. The van der Waals surface area contributed by atoms with Crippen LogP contribution in [0.25, 0.3) is 0 Å². The zero-order valence-electron chi connectivity index (χ0n) is 12.5. The van der Waals surface area contributed by atoms with E-state index in [4.69, 9.17) is 5.73 Å². The summed E-state index contributed by atoms with van der Waals surface area (Å²) in [6.07, 6.45) is -1.44. The van der Waals surface area contributed by atoms with Crippen LogP contribution >= 0.6 is 12.4 Å². The predicted octanol–water partition coefficient (Wildman–Crippen LogP) is 3.14. The van der Waals surface area contributed by atoms with Crippen LogP contribution in [0.2, 0.25) is 0 Å². The Morgan fingerprint density at radius 2 is 1.87 bits per heavy atom. The van der Waals surface area contributed by atoms with Crippen molar-refractivity contribution in [1.29, 1.82) is 0 Å². The smallest absolute Gasteiger partial charge is 0.405 e. The number of nitrogens with one attached hydrogen (secondary N) is 1. The van der Waals surface area contributed by atoms with Crippen LogP contribution in [-0.2, 0) is 11.3 Å². The van der Waals surface area contributed by atoms with Crippen molar-refractivity contribution in [1.82, 2.24) is 5.32 Å². The highest BCUT2D eigenvalue weighted by atomic mass is 35.5. The average Bonchev–Trinajstić information content (AvgIpc) is 2.94. The van der Waals surface area contributed by atoms with Gasteiger partial charge in [0.25, 0.3) is 0 Å². The molecule has 0 heterocycles. The van der Waals surface area contributed by atoms with Crippen LogP contribution in [0.1, 0.15) is 31.2 Å². The third kappa shape index (κ3) is 5.00. The number of alkyl halides is 3. The molecule has 0 aromatic heterocycles. The van der Waals surface area contributed by atoms with Crippen molar-refractivity contribution in [3.8, 4) is 5.75 Å². The minimum atomic E-state index is -4.76. The lowest BCUT2D eigenvalue weighted by atomic mass is 9.85. The summed E-state index contributed by atoms with van der Waals surface area (Å²) >= 11 is 0. The van der Waals surface area contributed by atoms with Crippen molar-refractivity contribution in [3.05, 3.63) is 29.8 Å². The minimum Gasteiger partial charge on any atom is -0.405 e. The molecular weight excluding hydrogens is 333 g/mol. The van der Waals surface area contributed by atoms with E-state index >= 15 is 0 Å². The molecule has 0 unspecified atom stereocenters. The van der Waals surface area contributed by atoms with Gasteiger partial charge in [-0.3, -0.25) is 4.79 Å². The van der Waals surface area contributed by atoms with Crippen LogP contribution in [0, 0.1) is 5.41 Å². The van der Waals surface area contributed by atoms with Crippen molar-refractivity contribution in [2.24, 2.45) is 11.1 Å². The molecule has 3 N–H and O–H groups in total. The largest absolute Gasteiger partial charge is 0.573 e. The summed E-state index contributed by atoms with van der Waals surface area (Å²) in [5.41, 5.74) is 5.41. The van der Waals surface area contributed by atoms with Gasteiger partial charge in [0.05, 0.1) is 5.41 Å². The second-order valence-corrected chi connectivity index (χ2v) is 5.53. The van der Waals surface area contributed by atoms with Gasteiger partial charge in [0.2, 0.25) is 5.91 Å². The Labute approximate surface area is 139 Å². The fourth-order valence-electron chi connectivity index (χ4n) is 2.81. The van der Waals surface area contributed by atoms with E-state index in [0.717, 1.165) is 25.7 Å². The molecule has 130 valence electrons. The van der Waals surface area contributed by atoms with E-state index in [9.17, 15) is 18.0 Å². The molecule has 23 heavy (non-hydrogen) atoms. The third-order valence-electron chi connectivity index (χ3n) is 4.07. The van der Waals surface area contributed by atoms with Crippen LogP contribution < -0.4 is 15.8 Å². The number of halogens is 4. The van der Waals surface area contributed by atoms with E-state index < -0.39 is 11.8 Å². The Morgan fingerprint density at radius 1 is 1.26 bits per heavy atom. The number of carbonyl (C=O) groups is 1. The summed E-state index contributed by atoms with van der Waals surface area (Å²) in [4.78, 5) is 12.3. The molecule has 8 heteroatoms. The number of para-hydroxylation sites is 1. The molecule has 0 atom stereocenters. The summed E-state index contributed by atoms with van der Waals surface area (Å²) < 4.78 is 41.0. The Bertz CT molecular complexity index is 532. The monoisotopic (exact) mass is 352 g/mol. The first kappa shape index (κ1) is 19.6. The van der Waals surface area contributed by atoms with E-state index in [1.165, 1.54) is 18.2 Å². The van der Waals surface area contributed by atoms with Crippen LogP contribution in [0.4, 0.5) is 13.2 Å². The number of benzene rings is 1. The van der Waals surface area contributed by atoms with Crippen LogP contribution in [0.15, 0.2) is 24.3 Å². The van der Waals surface area contributed by atoms with Gasteiger partial charge in [0.15, 0.2) is 0 Å². The number of carbonyl (C=O) groups excluding carboxylic acids is 1. The lowest BCUT2D eigenvalue weighted by molar-refractivity contribution is -0.274. The van der Waals surface area contributed by atoms with Gasteiger partial charge in [-0.25, -0.2) is 0 Å². The Balaban J connectivity index is 0.00000264. The summed E-state index contributed by atoms with van der Waals surface area (Å²) in [5, 5.41) is 2.69. The number of rotatable bonds is 5. The second-order valence-electron chi connectivity index (χ2n) is 5.53. The van der Waals surface area contributed by atoms with Crippen molar-refractivity contribution in [2.45, 2.75) is 38.6 Å². The first-order valence-corrected chi connectivity index (χ1v) is 7.18. The number of hydrogen-bond acceptors (Lipinski definition) is 3. The molecule has 0 saturated heterocycles. The van der Waals surface area contributed by atoms with E-state index in [1.54, 1.807) is 6.07 Å². The first-order chi connectivity index (χ1) is 10.4. The molecule has 0 bridgehead atoms. The lowest BCUT2D eigenvalue weighted by Gasteiger charge is -2.26. The molecule has 2 rings (SSSR count). The van der Waals surface area contributed by atoms with Crippen LogP contribution in [-0.4, -0.2) is 18.8 Å². The van der Waals surface area contributed by atoms with Gasteiger partial charge in [0, 0.05) is 18.7 Å². The zero-order chi connectivity index (χ0) is 16.2. The normalized spacial score (nSPS) is 16.5. The Kier molecular flexibility index (Phi) is 6.70. The number of hydrogen-bond donors (Lipinski definition) is 2. The van der Waals surface area contributed by atoms with Crippen LogP contribution in [0.3, 0.4) is 0 Å². The van der Waals surface area contributed by atoms with E-state index in [0.29, 0.717) is 0 Å². The van der Waals surface area contributed by atoms with Crippen molar-refractivity contribution < 1.29 is 22.7 Å². The summed E-state index contributed by atoms with van der Waals surface area (Å²) in [6.45, 7) is 0.229. The molecule has 0 aliphatic heterocycles. The standard InChI is InChI=1S/C15H19F3N2O2.ClH/c16-15(17,18)22-12-6-2-1-5-11(12)9-20-13(21)14(10-19)7-3-4-8-14;/h1-2,5-6H,3-4,7-10,19H2,(H,20,21);1H. The fraction of sp³-hybridized carbons (Fsp3) is 0.533. The minimum absolute atomic E-state index is 0. The Hall–Kier alpha value is -1.47. The molecule has 1 amide bonds. The molecule has 1 aliphatic rings. The second kappa shape index (κ2) is 7.88. The number of amides is 1. The highest BCUT2D eigenvalue weighted by Crippen LogP contribution is 2.37. The van der Waals surface area contributed by atoms with Gasteiger partial charge in [-0.2, -0.15) is 0 Å². The predicted molar refractivity (Wildman–Crippen MR) is 82.2 cm³/mol. The van der Waals surface area contributed by atoms with E-state index in [2.05, 4.69) is 10.1 Å². The maximum absolute atomic E-state index is 12.4. The molecule has 1 fully saturated rings. The summed E-state index contributed by atoms with van der Waals surface area (Å²) in [5.74, 6) is -0.502. The third-order valence-corrected chi connectivity index (χ3v) is 4.07. The van der Waals surface area contributed by atoms with E-state index in [-0.39, 0.29) is 42.7 Å². The highest BCUT2D eigenvalue weighted by Gasteiger charge is 2.39. The van der Waals surface area contributed by atoms with Gasteiger partial charge >= 0.3 is 6.36 Å². The van der Waals surface area contributed by atoms with Crippen LogP contribution in [0.5, 0.6) is 5.75 Å². The summed E-state index contributed by atoms with van der Waals surface area (Å²) in [6, 6.07) is 5.76. The number of ether oxygens (including phenoxy) is 1. The topological polar surface area (TPSA) is 64.4 Å². The average molecular weight is 353 g/mol. The molecule has 1 saturated carbocycles. The SMILES string of the molecule is Cl.NCC1(C(=O)NCc2ccccc2OC(F)(F)F)CCCC1. The maximum Gasteiger partial charge on any atom is 0.573 e. The van der Waals surface area contributed by atoms with Crippen molar-refractivity contribution in [3.63, 3.8) is 0 Å². The molecule has 1 aromatic rings. The van der Waals surface area contributed by atoms with Crippen molar-refractivity contribution in [2.75, 3.05) is 6.54 Å². The van der Waals surface area contributed by atoms with Crippen molar-refractivity contribution >= 4 is 18.3 Å². The zero-order valence-corrected chi connectivity index (χ0v) is 13.3. The van der Waals surface area contributed by atoms with Gasteiger partial charge in [-0.05, 0) is 18.9 Å². The van der Waals surface area contributed by atoms with E-state index in [1.807, 2.05) is 0 Å². The van der Waals surface area contributed by atoms with Gasteiger partial charge < -0.3 is 15.8 Å². The van der Waals surface area contributed by atoms with Gasteiger partial charge in [0.1, 0.15) is 5.75 Å². The number of nitrogens with two attached hydrogens (primary N) is 1. The molecule has 0 radical (unpaired) electrons. The van der Waals surface area contributed by atoms with Gasteiger partial charge in [-0.15, -0.1) is 25.6 Å². The first-order valence-electron chi connectivity index (χ1n) is 7.18. The summed E-state index contributed by atoms with van der Waals surface area (Å²) in [7, 11) is 0. The Morgan fingerprint density at radius 3 is 2.43 bits per heavy atom. The lowest BCUT2D eigenvalue weighted by Crippen LogP contribution is -2.43. The molecule has 4 nitrogen and oxygen atoms in total. The molecular formula is C15H20ClF3N2O2. The fourth-order valence-corrected chi connectivity index (χ4v) is 2.81. The van der Waals surface area contributed by atoms with Gasteiger partial charge in [-0.1, -0.05) is 31.0 Å². The molecule has 0 spiro atoms. The quantitative estimate of drug-likeness (QED) is 0.855. The highest BCUT2D eigenvalue weighted by molar-refractivity contribution is 5.85. The maximum atomic E-state index is 12.4. The molecule has 1 aromatic carbocycles.